The fourth-order valence-electron chi connectivity index (χ4n) is 1.50. The van der Waals surface area contributed by atoms with Crippen molar-refractivity contribution in [2.24, 2.45) is 0 Å². The molecule has 0 saturated heterocycles. The van der Waals surface area contributed by atoms with Gasteiger partial charge in [0.25, 0.3) is 0 Å². The van der Waals surface area contributed by atoms with Crippen molar-refractivity contribution in [3.8, 4) is 17.2 Å². The van der Waals surface area contributed by atoms with Crippen molar-refractivity contribution in [2.75, 3.05) is 13.2 Å². The van der Waals surface area contributed by atoms with E-state index in [1.165, 1.54) is 0 Å². The van der Waals surface area contributed by atoms with Crippen molar-refractivity contribution in [3.63, 3.8) is 0 Å². The largest absolute Gasteiger partial charge is 0.486 e. The quantitative estimate of drug-likeness (QED) is 0.640. The third kappa shape index (κ3) is 2.69. The molecule has 0 fully saturated rings. The molecular weight excluding hydrogens is 224 g/mol. The van der Waals surface area contributed by atoms with E-state index in [1.54, 1.807) is 25.1 Å². The SMILES string of the molecule is CC(=CC(=O)O)Oc1cccc2c1OCCO2. The van der Waals surface area contributed by atoms with Gasteiger partial charge in [-0.25, -0.2) is 4.79 Å². The van der Waals surface area contributed by atoms with Gasteiger partial charge in [0.1, 0.15) is 19.0 Å². The molecule has 0 aliphatic carbocycles. The Morgan fingerprint density at radius 1 is 1.41 bits per heavy atom. The first kappa shape index (κ1) is 11.3. The fourth-order valence-corrected chi connectivity index (χ4v) is 1.50. The van der Waals surface area contributed by atoms with Crippen molar-refractivity contribution < 1.29 is 24.1 Å². The summed E-state index contributed by atoms with van der Waals surface area (Å²) in [5, 5.41) is 8.59. The minimum absolute atomic E-state index is 0.278. The highest BCUT2D eigenvalue weighted by Crippen LogP contribution is 2.39. The maximum Gasteiger partial charge on any atom is 0.331 e. The smallest absolute Gasteiger partial charge is 0.331 e. The van der Waals surface area contributed by atoms with E-state index >= 15 is 0 Å². The molecule has 0 aromatic heterocycles. The van der Waals surface area contributed by atoms with Crippen LogP contribution in [-0.2, 0) is 4.79 Å². The van der Waals surface area contributed by atoms with Gasteiger partial charge in [-0.3, -0.25) is 0 Å². The Morgan fingerprint density at radius 2 is 2.18 bits per heavy atom. The molecule has 1 aliphatic heterocycles. The topological polar surface area (TPSA) is 65.0 Å². The van der Waals surface area contributed by atoms with Crippen LogP contribution in [0, 0.1) is 0 Å². The highest BCUT2D eigenvalue weighted by Gasteiger charge is 2.17. The molecule has 0 radical (unpaired) electrons. The van der Waals surface area contributed by atoms with Crippen LogP contribution in [0.2, 0.25) is 0 Å². The van der Waals surface area contributed by atoms with E-state index < -0.39 is 5.97 Å². The van der Waals surface area contributed by atoms with Gasteiger partial charge in [0.05, 0.1) is 6.08 Å². The Kier molecular flexibility index (Phi) is 3.18. The standard InChI is InChI=1S/C12H12O5/c1-8(7-11(13)14)17-10-4-2-3-9-12(10)16-6-5-15-9/h2-4,7H,5-6H2,1H3,(H,13,14). The lowest BCUT2D eigenvalue weighted by Crippen LogP contribution is -2.16. The number of para-hydroxylation sites is 1. The van der Waals surface area contributed by atoms with Crippen molar-refractivity contribution in [1.29, 1.82) is 0 Å². The molecule has 1 N–H and O–H groups in total. The van der Waals surface area contributed by atoms with Crippen LogP contribution in [0.15, 0.2) is 30.0 Å². The molecule has 2 rings (SSSR count). The molecule has 5 heteroatoms. The van der Waals surface area contributed by atoms with Gasteiger partial charge in [-0.2, -0.15) is 0 Å². The normalized spacial score (nSPS) is 14.3. The summed E-state index contributed by atoms with van der Waals surface area (Å²) in [6, 6.07) is 5.24. The third-order valence-corrected chi connectivity index (χ3v) is 2.13. The number of rotatable bonds is 3. The van der Waals surface area contributed by atoms with Crippen LogP contribution in [0.1, 0.15) is 6.92 Å². The molecule has 0 bridgehead atoms. The van der Waals surface area contributed by atoms with E-state index in [0.29, 0.717) is 30.5 Å². The van der Waals surface area contributed by atoms with Gasteiger partial charge in [0.15, 0.2) is 11.5 Å². The number of benzene rings is 1. The summed E-state index contributed by atoms with van der Waals surface area (Å²) >= 11 is 0. The van der Waals surface area contributed by atoms with Crippen LogP contribution in [0.25, 0.3) is 0 Å². The summed E-state index contributed by atoms with van der Waals surface area (Å²) in [4.78, 5) is 10.5. The monoisotopic (exact) mass is 236 g/mol. The Balaban J connectivity index is 2.24. The molecule has 1 aromatic rings. The Labute approximate surface area is 98.2 Å². The minimum Gasteiger partial charge on any atom is -0.486 e. The first-order valence-electron chi connectivity index (χ1n) is 5.14. The summed E-state index contributed by atoms with van der Waals surface area (Å²) < 4.78 is 16.2. The molecule has 0 amide bonds. The summed E-state index contributed by atoms with van der Waals surface area (Å²) in [6.07, 6.45) is 0.989. The van der Waals surface area contributed by atoms with Gasteiger partial charge in [-0.05, 0) is 19.1 Å². The molecule has 5 nitrogen and oxygen atoms in total. The molecule has 90 valence electrons. The van der Waals surface area contributed by atoms with Crippen LogP contribution in [0.5, 0.6) is 17.2 Å². The lowest BCUT2D eigenvalue weighted by molar-refractivity contribution is -0.131. The average Bonchev–Trinajstić information content (AvgIpc) is 2.28. The van der Waals surface area contributed by atoms with Crippen molar-refractivity contribution in [3.05, 3.63) is 30.0 Å². The number of ether oxygens (including phenoxy) is 3. The average molecular weight is 236 g/mol. The number of carboxylic acids is 1. The number of fused-ring (bicyclic) bond motifs is 1. The Morgan fingerprint density at radius 3 is 2.94 bits per heavy atom. The van der Waals surface area contributed by atoms with Gasteiger partial charge in [-0.1, -0.05) is 6.07 Å². The van der Waals surface area contributed by atoms with E-state index in [9.17, 15) is 4.79 Å². The van der Waals surface area contributed by atoms with Gasteiger partial charge >= 0.3 is 5.97 Å². The second kappa shape index (κ2) is 4.78. The lowest BCUT2D eigenvalue weighted by Gasteiger charge is -2.20. The maximum atomic E-state index is 10.5. The highest BCUT2D eigenvalue weighted by atomic mass is 16.6. The summed E-state index contributed by atoms with van der Waals surface area (Å²) in [5.41, 5.74) is 0. The Hall–Kier alpha value is -2.17. The second-order valence-electron chi connectivity index (χ2n) is 3.48. The predicted octanol–water partition coefficient (Wildman–Crippen LogP) is 1.82. The molecule has 0 spiro atoms. The number of hydrogen-bond acceptors (Lipinski definition) is 4. The van der Waals surface area contributed by atoms with Gasteiger partial charge in [0.2, 0.25) is 5.75 Å². The summed E-state index contributed by atoms with van der Waals surface area (Å²) in [5.74, 6) is 0.801. The van der Waals surface area contributed by atoms with Crippen LogP contribution in [0.4, 0.5) is 0 Å². The molecule has 0 unspecified atom stereocenters. The van der Waals surface area contributed by atoms with E-state index in [-0.39, 0.29) is 5.76 Å². The van der Waals surface area contributed by atoms with Crippen molar-refractivity contribution in [2.45, 2.75) is 6.92 Å². The van der Waals surface area contributed by atoms with Crippen molar-refractivity contribution >= 4 is 5.97 Å². The van der Waals surface area contributed by atoms with Crippen LogP contribution in [0.3, 0.4) is 0 Å². The summed E-state index contributed by atoms with van der Waals surface area (Å²) in [7, 11) is 0. The van der Waals surface area contributed by atoms with Crippen LogP contribution < -0.4 is 14.2 Å². The minimum atomic E-state index is -1.05. The summed E-state index contributed by atoms with van der Waals surface area (Å²) in [6.45, 7) is 2.52. The van der Waals surface area contributed by atoms with E-state index in [4.69, 9.17) is 19.3 Å². The molecule has 0 saturated carbocycles. The van der Waals surface area contributed by atoms with Gasteiger partial charge in [-0.15, -0.1) is 0 Å². The maximum absolute atomic E-state index is 10.5. The highest BCUT2D eigenvalue weighted by molar-refractivity contribution is 5.80. The van der Waals surface area contributed by atoms with E-state index in [0.717, 1.165) is 6.08 Å². The third-order valence-electron chi connectivity index (χ3n) is 2.13. The Bertz CT molecular complexity index is 464. The number of aliphatic carboxylic acids is 1. The van der Waals surface area contributed by atoms with Crippen molar-refractivity contribution in [1.82, 2.24) is 0 Å². The van der Waals surface area contributed by atoms with E-state index in [1.807, 2.05) is 0 Å². The van der Waals surface area contributed by atoms with E-state index in [2.05, 4.69) is 0 Å². The second-order valence-corrected chi connectivity index (χ2v) is 3.48. The molecule has 17 heavy (non-hydrogen) atoms. The zero-order valence-electron chi connectivity index (χ0n) is 9.30. The molecule has 1 aromatic carbocycles. The first-order chi connectivity index (χ1) is 8.16. The van der Waals surface area contributed by atoms with Gasteiger partial charge in [0, 0.05) is 0 Å². The molecule has 0 atom stereocenters. The van der Waals surface area contributed by atoms with Gasteiger partial charge < -0.3 is 19.3 Å². The zero-order chi connectivity index (χ0) is 12.3. The number of allylic oxidation sites excluding steroid dienone is 1. The molecule has 1 heterocycles. The number of carbonyl (C=O) groups is 1. The number of hydrogen-bond donors (Lipinski definition) is 1. The molecular formula is C12H12O5. The first-order valence-corrected chi connectivity index (χ1v) is 5.14. The van der Waals surface area contributed by atoms with Crippen LogP contribution >= 0.6 is 0 Å². The fraction of sp³-hybridized carbons (Fsp3) is 0.250. The molecule has 1 aliphatic rings. The zero-order valence-corrected chi connectivity index (χ0v) is 9.30. The predicted molar refractivity (Wildman–Crippen MR) is 59.5 cm³/mol. The lowest BCUT2D eigenvalue weighted by atomic mass is 10.3. The van der Waals surface area contributed by atoms with Crippen LogP contribution in [-0.4, -0.2) is 24.3 Å². The number of carboxylic acid groups (broad SMARTS) is 1.